The minimum Gasteiger partial charge on any atom is -0.496 e. The number of rotatable bonds is 3. The molecule has 0 aliphatic carbocycles. The average Bonchev–Trinajstić information content (AvgIpc) is 2.55. The summed E-state index contributed by atoms with van der Waals surface area (Å²) < 4.78 is 24.8. The SMILES string of the molecule is COc1cccc(F)c1-c1ccc(C2COCCN2)cc1. The quantitative estimate of drug-likeness (QED) is 0.940. The Kier molecular flexibility index (Phi) is 4.18. The zero-order valence-electron chi connectivity index (χ0n) is 11.9. The number of hydrogen-bond acceptors (Lipinski definition) is 3. The van der Waals surface area contributed by atoms with Gasteiger partial charge in [-0.1, -0.05) is 30.3 Å². The summed E-state index contributed by atoms with van der Waals surface area (Å²) in [6, 6.07) is 12.9. The first-order valence-corrected chi connectivity index (χ1v) is 7.03. The van der Waals surface area contributed by atoms with Crippen LogP contribution in [-0.2, 0) is 4.74 Å². The van der Waals surface area contributed by atoms with Gasteiger partial charge in [-0.05, 0) is 23.3 Å². The minimum absolute atomic E-state index is 0.204. The van der Waals surface area contributed by atoms with Gasteiger partial charge in [0.15, 0.2) is 0 Å². The van der Waals surface area contributed by atoms with Crippen molar-refractivity contribution in [2.45, 2.75) is 6.04 Å². The van der Waals surface area contributed by atoms with Crippen LogP contribution < -0.4 is 10.1 Å². The molecule has 3 nitrogen and oxygen atoms in total. The molecule has 2 aromatic carbocycles. The summed E-state index contributed by atoms with van der Waals surface area (Å²) in [7, 11) is 1.55. The third-order valence-corrected chi connectivity index (χ3v) is 3.72. The topological polar surface area (TPSA) is 30.5 Å². The second kappa shape index (κ2) is 6.24. The lowest BCUT2D eigenvalue weighted by Gasteiger charge is -2.24. The highest BCUT2D eigenvalue weighted by molar-refractivity contribution is 5.71. The molecule has 0 amide bonds. The summed E-state index contributed by atoms with van der Waals surface area (Å²) in [4.78, 5) is 0. The van der Waals surface area contributed by atoms with Gasteiger partial charge in [0.2, 0.25) is 0 Å². The summed E-state index contributed by atoms with van der Waals surface area (Å²) >= 11 is 0. The summed E-state index contributed by atoms with van der Waals surface area (Å²) in [6.07, 6.45) is 0. The van der Waals surface area contributed by atoms with E-state index in [4.69, 9.17) is 9.47 Å². The highest BCUT2D eigenvalue weighted by atomic mass is 19.1. The predicted molar refractivity (Wildman–Crippen MR) is 80.0 cm³/mol. The van der Waals surface area contributed by atoms with E-state index in [2.05, 4.69) is 5.32 Å². The highest BCUT2D eigenvalue weighted by Gasteiger charge is 2.16. The Balaban J connectivity index is 1.90. The summed E-state index contributed by atoms with van der Waals surface area (Å²) in [5, 5.41) is 3.40. The maximum absolute atomic E-state index is 14.1. The van der Waals surface area contributed by atoms with Crippen molar-refractivity contribution in [3.8, 4) is 16.9 Å². The van der Waals surface area contributed by atoms with Crippen molar-refractivity contribution < 1.29 is 13.9 Å². The van der Waals surface area contributed by atoms with Gasteiger partial charge in [-0.3, -0.25) is 0 Å². The lowest BCUT2D eigenvalue weighted by Crippen LogP contribution is -2.34. The Labute approximate surface area is 123 Å². The molecule has 1 aliphatic rings. The molecule has 1 heterocycles. The van der Waals surface area contributed by atoms with E-state index < -0.39 is 0 Å². The second-order valence-electron chi connectivity index (χ2n) is 5.02. The van der Waals surface area contributed by atoms with Gasteiger partial charge in [0.25, 0.3) is 0 Å². The number of nitrogens with one attached hydrogen (secondary N) is 1. The van der Waals surface area contributed by atoms with Gasteiger partial charge in [0.05, 0.1) is 31.9 Å². The van der Waals surface area contributed by atoms with Crippen LogP contribution in [0.3, 0.4) is 0 Å². The standard InChI is InChI=1S/C17H18FNO2/c1-20-16-4-2-3-14(18)17(16)13-7-5-12(6-8-13)15-11-21-10-9-19-15/h2-8,15,19H,9-11H2,1H3. The van der Waals surface area contributed by atoms with Gasteiger partial charge in [-0.2, -0.15) is 0 Å². The summed E-state index contributed by atoms with van der Waals surface area (Å²) in [6.45, 7) is 2.27. The molecular formula is C17H18FNO2. The number of morpholine rings is 1. The molecule has 4 heteroatoms. The molecular weight excluding hydrogens is 269 g/mol. The van der Waals surface area contributed by atoms with Crippen molar-refractivity contribution in [2.75, 3.05) is 26.9 Å². The van der Waals surface area contributed by atoms with Crippen molar-refractivity contribution >= 4 is 0 Å². The van der Waals surface area contributed by atoms with Crippen LogP contribution in [0.4, 0.5) is 4.39 Å². The van der Waals surface area contributed by atoms with E-state index in [9.17, 15) is 4.39 Å². The predicted octanol–water partition coefficient (Wildman–Crippen LogP) is 3.16. The fourth-order valence-electron chi connectivity index (χ4n) is 2.62. The Hall–Kier alpha value is -1.91. The molecule has 1 unspecified atom stereocenters. The molecule has 1 atom stereocenters. The van der Waals surface area contributed by atoms with Gasteiger partial charge in [-0.15, -0.1) is 0 Å². The molecule has 2 aromatic rings. The van der Waals surface area contributed by atoms with E-state index >= 15 is 0 Å². The first-order valence-electron chi connectivity index (χ1n) is 7.03. The molecule has 0 spiro atoms. The van der Waals surface area contributed by atoms with Crippen LogP contribution in [0.15, 0.2) is 42.5 Å². The Bertz CT molecular complexity index is 607. The van der Waals surface area contributed by atoms with Crippen molar-refractivity contribution in [3.63, 3.8) is 0 Å². The molecule has 1 aliphatic heterocycles. The van der Waals surface area contributed by atoms with Crippen LogP contribution in [0.5, 0.6) is 5.75 Å². The van der Waals surface area contributed by atoms with Crippen LogP contribution in [0.1, 0.15) is 11.6 Å². The fraction of sp³-hybridized carbons (Fsp3) is 0.294. The Morgan fingerprint density at radius 3 is 2.67 bits per heavy atom. The molecule has 0 aromatic heterocycles. The van der Waals surface area contributed by atoms with Crippen molar-refractivity contribution in [1.82, 2.24) is 5.32 Å². The average molecular weight is 287 g/mol. The van der Waals surface area contributed by atoms with Gasteiger partial charge in [0, 0.05) is 6.54 Å². The van der Waals surface area contributed by atoms with E-state index in [1.807, 2.05) is 24.3 Å². The van der Waals surface area contributed by atoms with Crippen molar-refractivity contribution in [3.05, 3.63) is 53.8 Å². The van der Waals surface area contributed by atoms with Gasteiger partial charge in [0.1, 0.15) is 11.6 Å². The first kappa shape index (κ1) is 14.0. The number of ether oxygens (including phenoxy) is 2. The third kappa shape index (κ3) is 2.91. The lowest BCUT2D eigenvalue weighted by atomic mass is 9.99. The molecule has 1 fully saturated rings. The second-order valence-corrected chi connectivity index (χ2v) is 5.02. The van der Waals surface area contributed by atoms with E-state index in [1.165, 1.54) is 6.07 Å². The van der Waals surface area contributed by atoms with Crippen molar-refractivity contribution in [1.29, 1.82) is 0 Å². The lowest BCUT2D eigenvalue weighted by molar-refractivity contribution is 0.0769. The minimum atomic E-state index is -0.277. The molecule has 3 rings (SSSR count). The molecule has 1 saturated heterocycles. The third-order valence-electron chi connectivity index (χ3n) is 3.72. The monoisotopic (exact) mass is 287 g/mol. The van der Waals surface area contributed by atoms with Crippen LogP contribution in [-0.4, -0.2) is 26.9 Å². The molecule has 110 valence electrons. The van der Waals surface area contributed by atoms with Crippen LogP contribution >= 0.6 is 0 Å². The van der Waals surface area contributed by atoms with Crippen molar-refractivity contribution in [2.24, 2.45) is 0 Å². The van der Waals surface area contributed by atoms with Gasteiger partial charge in [-0.25, -0.2) is 4.39 Å². The van der Waals surface area contributed by atoms with Crippen LogP contribution in [0.2, 0.25) is 0 Å². The zero-order valence-corrected chi connectivity index (χ0v) is 11.9. The van der Waals surface area contributed by atoms with E-state index in [0.29, 0.717) is 17.9 Å². The Morgan fingerprint density at radius 1 is 1.19 bits per heavy atom. The smallest absolute Gasteiger partial charge is 0.134 e. The molecule has 1 N–H and O–H groups in total. The highest BCUT2D eigenvalue weighted by Crippen LogP contribution is 2.33. The zero-order chi connectivity index (χ0) is 14.7. The van der Waals surface area contributed by atoms with E-state index in [1.54, 1.807) is 19.2 Å². The van der Waals surface area contributed by atoms with E-state index in [0.717, 1.165) is 24.3 Å². The number of methoxy groups -OCH3 is 1. The maximum atomic E-state index is 14.1. The van der Waals surface area contributed by atoms with Crippen LogP contribution in [0.25, 0.3) is 11.1 Å². The number of hydrogen-bond donors (Lipinski definition) is 1. The van der Waals surface area contributed by atoms with Gasteiger partial charge >= 0.3 is 0 Å². The van der Waals surface area contributed by atoms with E-state index in [-0.39, 0.29) is 11.9 Å². The first-order chi connectivity index (χ1) is 10.3. The molecule has 0 bridgehead atoms. The normalized spacial score (nSPS) is 18.5. The largest absolute Gasteiger partial charge is 0.496 e. The summed E-state index contributed by atoms with van der Waals surface area (Å²) in [5.74, 6) is 0.267. The summed E-state index contributed by atoms with van der Waals surface area (Å²) in [5.41, 5.74) is 2.46. The van der Waals surface area contributed by atoms with Gasteiger partial charge < -0.3 is 14.8 Å². The Morgan fingerprint density at radius 2 is 2.00 bits per heavy atom. The molecule has 21 heavy (non-hydrogen) atoms. The number of halogens is 1. The molecule has 0 saturated carbocycles. The fourth-order valence-corrected chi connectivity index (χ4v) is 2.62. The molecule has 0 radical (unpaired) electrons. The maximum Gasteiger partial charge on any atom is 0.134 e. The van der Waals surface area contributed by atoms with Crippen LogP contribution in [0, 0.1) is 5.82 Å². The number of benzene rings is 2.